The molecule has 0 bridgehead atoms. The number of thiophene rings is 1. The topological polar surface area (TPSA) is 78.9 Å². The summed E-state index contributed by atoms with van der Waals surface area (Å²) >= 11 is 3.12. The van der Waals surface area contributed by atoms with E-state index in [-0.39, 0.29) is 6.04 Å². The van der Waals surface area contributed by atoms with Gasteiger partial charge < -0.3 is 9.26 Å². The highest BCUT2D eigenvalue weighted by Crippen LogP contribution is 2.30. The Labute approximate surface area is 170 Å². The largest absolute Gasteiger partial charge is 0.497 e. The van der Waals surface area contributed by atoms with E-state index in [1.165, 1.54) is 11.8 Å². The lowest BCUT2D eigenvalue weighted by Gasteiger charge is -2.13. The Bertz CT molecular complexity index is 1040. The molecule has 0 atom stereocenters. The first-order valence-corrected chi connectivity index (χ1v) is 10.6. The van der Waals surface area contributed by atoms with Crippen LogP contribution in [0.2, 0.25) is 0 Å². The van der Waals surface area contributed by atoms with Crippen molar-refractivity contribution < 1.29 is 9.26 Å². The number of rotatable bonds is 7. The third-order valence-corrected chi connectivity index (χ3v) is 5.86. The fourth-order valence-corrected chi connectivity index (χ4v) is 4.28. The Morgan fingerprint density at radius 1 is 1.18 bits per heavy atom. The van der Waals surface area contributed by atoms with Crippen molar-refractivity contribution in [3.8, 4) is 27.8 Å². The molecule has 0 saturated carbocycles. The zero-order valence-electron chi connectivity index (χ0n) is 15.7. The SMILES string of the molecule is COc1ccc(-c2nnc(SCc3nc(-c4cccs4)no3)n2C(C)C)cc1. The normalized spacial score (nSPS) is 11.3. The Hall–Kier alpha value is -2.65. The average Bonchev–Trinajstić information content (AvgIpc) is 3.46. The van der Waals surface area contributed by atoms with E-state index in [2.05, 4.69) is 38.8 Å². The Morgan fingerprint density at radius 2 is 2.00 bits per heavy atom. The van der Waals surface area contributed by atoms with Gasteiger partial charge in [-0.05, 0) is 49.6 Å². The van der Waals surface area contributed by atoms with Crippen LogP contribution in [0.25, 0.3) is 22.1 Å². The summed E-state index contributed by atoms with van der Waals surface area (Å²) in [6.07, 6.45) is 0. The molecule has 7 nitrogen and oxygen atoms in total. The van der Waals surface area contributed by atoms with Gasteiger partial charge in [-0.15, -0.1) is 21.5 Å². The lowest BCUT2D eigenvalue weighted by molar-refractivity contribution is 0.391. The minimum absolute atomic E-state index is 0.207. The second-order valence-electron chi connectivity index (χ2n) is 6.28. The number of hydrogen-bond acceptors (Lipinski definition) is 8. The summed E-state index contributed by atoms with van der Waals surface area (Å²) in [6.45, 7) is 4.23. The van der Waals surface area contributed by atoms with E-state index in [0.29, 0.717) is 17.5 Å². The first-order chi connectivity index (χ1) is 13.7. The first-order valence-electron chi connectivity index (χ1n) is 8.74. The molecule has 4 rings (SSSR count). The van der Waals surface area contributed by atoms with Gasteiger partial charge in [-0.1, -0.05) is 23.0 Å². The Kier molecular flexibility index (Phi) is 5.45. The van der Waals surface area contributed by atoms with Crippen molar-refractivity contribution in [2.45, 2.75) is 30.8 Å². The number of nitrogens with zero attached hydrogens (tertiary/aromatic N) is 5. The fraction of sp³-hybridized carbons (Fsp3) is 0.263. The molecule has 28 heavy (non-hydrogen) atoms. The number of methoxy groups -OCH3 is 1. The molecule has 0 spiro atoms. The summed E-state index contributed by atoms with van der Waals surface area (Å²) in [5, 5.41) is 15.7. The highest BCUT2D eigenvalue weighted by molar-refractivity contribution is 7.98. The number of aromatic nitrogens is 5. The number of benzene rings is 1. The zero-order valence-corrected chi connectivity index (χ0v) is 17.3. The van der Waals surface area contributed by atoms with Crippen LogP contribution >= 0.6 is 23.1 Å². The second-order valence-corrected chi connectivity index (χ2v) is 8.17. The van der Waals surface area contributed by atoms with Gasteiger partial charge in [0, 0.05) is 11.6 Å². The molecule has 0 fully saturated rings. The van der Waals surface area contributed by atoms with Gasteiger partial charge in [-0.3, -0.25) is 4.57 Å². The molecule has 0 radical (unpaired) electrons. The molecule has 3 heterocycles. The van der Waals surface area contributed by atoms with Gasteiger partial charge in [0.15, 0.2) is 11.0 Å². The summed E-state index contributed by atoms with van der Waals surface area (Å²) in [5.74, 6) is 3.36. The summed E-state index contributed by atoms with van der Waals surface area (Å²) in [7, 11) is 1.65. The highest BCUT2D eigenvalue weighted by atomic mass is 32.2. The van der Waals surface area contributed by atoms with Crippen molar-refractivity contribution in [2.24, 2.45) is 0 Å². The van der Waals surface area contributed by atoms with E-state index in [4.69, 9.17) is 9.26 Å². The van der Waals surface area contributed by atoms with E-state index in [9.17, 15) is 0 Å². The van der Waals surface area contributed by atoms with Crippen molar-refractivity contribution in [3.63, 3.8) is 0 Å². The van der Waals surface area contributed by atoms with Gasteiger partial charge in [0.1, 0.15) is 5.75 Å². The van der Waals surface area contributed by atoms with Crippen LogP contribution in [0.5, 0.6) is 5.75 Å². The molecule has 1 aromatic carbocycles. The van der Waals surface area contributed by atoms with Gasteiger partial charge in [-0.2, -0.15) is 4.98 Å². The molecule has 144 valence electrons. The maximum absolute atomic E-state index is 5.38. The summed E-state index contributed by atoms with van der Waals surface area (Å²) < 4.78 is 12.7. The summed E-state index contributed by atoms with van der Waals surface area (Å²) in [6, 6.07) is 12.0. The van der Waals surface area contributed by atoms with Gasteiger partial charge >= 0.3 is 0 Å². The molecule has 4 aromatic rings. The molecule has 3 aromatic heterocycles. The van der Waals surface area contributed by atoms with E-state index >= 15 is 0 Å². The summed E-state index contributed by atoms with van der Waals surface area (Å²) in [4.78, 5) is 5.46. The van der Waals surface area contributed by atoms with E-state index < -0.39 is 0 Å². The van der Waals surface area contributed by atoms with E-state index in [0.717, 1.165) is 27.2 Å². The third-order valence-electron chi connectivity index (χ3n) is 4.06. The minimum Gasteiger partial charge on any atom is -0.497 e. The minimum atomic E-state index is 0.207. The van der Waals surface area contributed by atoms with Crippen LogP contribution in [0.4, 0.5) is 0 Å². The Balaban J connectivity index is 1.54. The zero-order chi connectivity index (χ0) is 19.5. The quantitative estimate of drug-likeness (QED) is 0.397. The van der Waals surface area contributed by atoms with Crippen LogP contribution in [0.15, 0.2) is 51.5 Å². The number of ether oxygens (including phenoxy) is 1. The van der Waals surface area contributed by atoms with Crippen LogP contribution in [-0.2, 0) is 5.75 Å². The van der Waals surface area contributed by atoms with Crippen molar-refractivity contribution in [3.05, 3.63) is 47.7 Å². The highest BCUT2D eigenvalue weighted by Gasteiger charge is 2.18. The molecule has 0 aliphatic heterocycles. The van der Waals surface area contributed by atoms with Crippen LogP contribution < -0.4 is 4.74 Å². The molecule has 0 aliphatic rings. The third kappa shape index (κ3) is 3.81. The van der Waals surface area contributed by atoms with Crippen molar-refractivity contribution in [1.29, 1.82) is 0 Å². The molecule has 0 saturated heterocycles. The summed E-state index contributed by atoms with van der Waals surface area (Å²) in [5.41, 5.74) is 0.992. The van der Waals surface area contributed by atoms with Crippen LogP contribution in [-0.4, -0.2) is 32.0 Å². The van der Waals surface area contributed by atoms with Crippen LogP contribution in [0, 0.1) is 0 Å². The second kappa shape index (κ2) is 8.15. The van der Waals surface area contributed by atoms with Crippen LogP contribution in [0.1, 0.15) is 25.8 Å². The monoisotopic (exact) mass is 413 g/mol. The molecular weight excluding hydrogens is 394 g/mol. The maximum atomic E-state index is 5.38. The van der Waals surface area contributed by atoms with Crippen molar-refractivity contribution >= 4 is 23.1 Å². The molecule has 0 amide bonds. The Morgan fingerprint density at radius 3 is 2.68 bits per heavy atom. The van der Waals surface area contributed by atoms with Crippen molar-refractivity contribution in [1.82, 2.24) is 24.9 Å². The number of hydrogen-bond donors (Lipinski definition) is 0. The smallest absolute Gasteiger partial charge is 0.237 e. The standard InChI is InChI=1S/C19H19N5O2S2/c1-12(2)24-18(13-6-8-14(25-3)9-7-13)21-22-19(24)28-11-16-20-17(23-26-16)15-5-4-10-27-15/h4-10,12H,11H2,1-3H3. The molecular formula is C19H19N5O2S2. The average molecular weight is 414 g/mol. The fourth-order valence-electron chi connectivity index (χ4n) is 2.72. The number of thioether (sulfide) groups is 1. The maximum Gasteiger partial charge on any atom is 0.237 e. The molecule has 0 N–H and O–H groups in total. The van der Waals surface area contributed by atoms with Gasteiger partial charge in [0.25, 0.3) is 0 Å². The van der Waals surface area contributed by atoms with Crippen LogP contribution in [0.3, 0.4) is 0 Å². The lowest BCUT2D eigenvalue weighted by Crippen LogP contribution is -2.05. The molecule has 0 unspecified atom stereocenters. The van der Waals surface area contributed by atoms with Gasteiger partial charge in [0.2, 0.25) is 11.7 Å². The lowest BCUT2D eigenvalue weighted by atomic mass is 10.2. The van der Waals surface area contributed by atoms with Crippen molar-refractivity contribution in [2.75, 3.05) is 7.11 Å². The predicted octanol–water partition coefficient (Wildman–Crippen LogP) is 4.94. The predicted molar refractivity (Wildman–Crippen MR) is 110 cm³/mol. The molecule has 0 aliphatic carbocycles. The first kappa shape index (κ1) is 18.7. The van der Waals surface area contributed by atoms with Gasteiger partial charge in [-0.25, -0.2) is 0 Å². The van der Waals surface area contributed by atoms with Gasteiger partial charge in [0.05, 0.1) is 17.7 Å². The molecule has 9 heteroatoms. The van der Waals surface area contributed by atoms with E-state index in [1.807, 2.05) is 41.8 Å². The van der Waals surface area contributed by atoms with E-state index in [1.54, 1.807) is 18.4 Å².